The van der Waals surface area contributed by atoms with E-state index < -0.39 is 8.32 Å². The maximum absolute atomic E-state index is 11.6. The lowest BCUT2D eigenvalue weighted by Gasteiger charge is -2.37. The van der Waals surface area contributed by atoms with Crippen molar-refractivity contribution in [3.8, 4) is 0 Å². The Hall–Kier alpha value is -0.353. The molecule has 1 aliphatic rings. The first-order valence-electron chi connectivity index (χ1n) is 6.42. The smallest absolute Gasteiger partial charge is 0.222 e. The Labute approximate surface area is 107 Å². The van der Waals surface area contributed by atoms with Gasteiger partial charge >= 0.3 is 0 Å². The second kappa shape index (κ2) is 5.10. The van der Waals surface area contributed by atoms with Crippen molar-refractivity contribution in [1.29, 1.82) is 0 Å². The first-order valence-corrected chi connectivity index (χ1v) is 9.32. The molecule has 1 aliphatic heterocycles. The molecule has 1 rings (SSSR count). The van der Waals surface area contributed by atoms with Gasteiger partial charge < -0.3 is 9.33 Å². The summed E-state index contributed by atoms with van der Waals surface area (Å²) in [6.45, 7) is 16.3. The lowest BCUT2D eigenvalue weighted by atomic mass is 10.2. The fraction of sp³-hybridized carbons (Fsp3) is 0.846. The Morgan fingerprint density at radius 3 is 2.53 bits per heavy atom. The monoisotopic (exact) mass is 256 g/mol. The van der Waals surface area contributed by atoms with Gasteiger partial charge in [0.1, 0.15) is 0 Å². The zero-order chi connectivity index (χ0) is 13.3. The van der Waals surface area contributed by atoms with E-state index in [1.54, 1.807) is 0 Å². The summed E-state index contributed by atoms with van der Waals surface area (Å²) in [6.07, 6.45) is 1.57. The molecule has 1 heterocycles. The van der Waals surface area contributed by atoms with E-state index in [-0.39, 0.29) is 17.0 Å². The normalized spacial score (nSPS) is 22.4. The Morgan fingerprint density at radius 2 is 2.06 bits per heavy atom. The molecule has 17 heavy (non-hydrogen) atoms. The zero-order valence-corrected chi connectivity index (χ0v) is 12.9. The van der Waals surface area contributed by atoms with Crippen LogP contribution in [0.3, 0.4) is 0 Å². The second-order valence-electron chi connectivity index (χ2n) is 6.35. The zero-order valence-electron chi connectivity index (χ0n) is 11.9. The number of hydrogen-bond donors (Lipinski definition) is 0. The average molecular weight is 256 g/mol. The maximum Gasteiger partial charge on any atom is 0.222 e. The summed E-state index contributed by atoms with van der Waals surface area (Å²) in [5.74, 6) is 0.226. The van der Waals surface area contributed by atoms with Crippen LogP contribution in [0.1, 0.15) is 33.6 Å². The molecule has 0 spiro atoms. The summed E-state index contributed by atoms with van der Waals surface area (Å²) in [5, 5.41) is 0.227. The van der Waals surface area contributed by atoms with Gasteiger partial charge in [-0.1, -0.05) is 20.8 Å². The first kappa shape index (κ1) is 14.7. The molecule has 0 unspecified atom stereocenters. The highest BCUT2D eigenvalue weighted by atomic mass is 28.4. The van der Waals surface area contributed by atoms with Crippen molar-refractivity contribution in [2.45, 2.75) is 57.8 Å². The van der Waals surface area contributed by atoms with Crippen molar-refractivity contribution in [1.82, 2.24) is 4.90 Å². The van der Waals surface area contributed by atoms with Crippen LogP contribution in [0, 0.1) is 6.92 Å². The highest BCUT2D eigenvalue weighted by Gasteiger charge is 2.39. The standard InChI is InChI=1S/C13H26NO2Si/c1-7-14-11(8-9-12(14)15)10-16-17(5,6)13(2,3)4/h11H,1,7-10H2,2-6H3/t11-/m1/s1. The highest BCUT2D eigenvalue weighted by Crippen LogP contribution is 2.37. The minimum absolute atomic E-state index is 0.226. The van der Waals surface area contributed by atoms with Crippen LogP contribution in [0.2, 0.25) is 18.1 Å². The lowest BCUT2D eigenvalue weighted by Crippen LogP contribution is -2.45. The second-order valence-corrected chi connectivity index (χ2v) is 11.2. The Kier molecular flexibility index (Phi) is 4.41. The van der Waals surface area contributed by atoms with Gasteiger partial charge in [0.25, 0.3) is 0 Å². The number of amides is 1. The fourth-order valence-electron chi connectivity index (χ4n) is 1.79. The van der Waals surface area contributed by atoms with Gasteiger partial charge in [0.05, 0.1) is 12.6 Å². The Morgan fingerprint density at radius 1 is 1.47 bits per heavy atom. The molecule has 0 aliphatic carbocycles. The molecule has 4 heteroatoms. The summed E-state index contributed by atoms with van der Waals surface area (Å²) in [4.78, 5) is 13.4. The molecular weight excluding hydrogens is 230 g/mol. The molecule has 3 nitrogen and oxygen atoms in total. The largest absolute Gasteiger partial charge is 0.415 e. The highest BCUT2D eigenvalue weighted by molar-refractivity contribution is 6.74. The van der Waals surface area contributed by atoms with Gasteiger partial charge in [-0.2, -0.15) is 0 Å². The summed E-state index contributed by atoms with van der Waals surface area (Å²) < 4.78 is 6.18. The van der Waals surface area contributed by atoms with Gasteiger partial charge in [0.15, 0.2) is 8.32 Å². The minimum Gasteiger partial charge on any atom is -0.415 e. The quantitative estimate of drug-likeness (QED) is 0.724. The number of carbonyl (C=O) groups is 1. The van der Waals surface area contributed by atoms with Crippen LogP contribution in [0.5, 0.6) is 0 Å². The minimum atomic E-state index is -1.70. The van der Waals surface area contributed by atoms with Crippen LogP contribution in [-0.4, -0.2) is 38.3 Å². The molecule has 0 aromatic carbocycles. The van der Waals surface area contributed by atoms with E-state index in [0.29, 0.717) is 19.6 Å². The molecule has 99 valence electrons. The van der Waals surface area contributed by atoms with E-state index >= 15 is 0 Å². The van der Waals surface area contributed by atoms with Crippen LogP contribution in [0.25, 0.3) is 0 Å². The third-order valence-corrected chi connectivity index (χ3v) is 8.64. The molecule has 1 amide bonds. The molecule has 1 radical (unpaired) electrons. The van der Waals surface area contributed by atoms with Gasteiger partial charge in [-0.25, -0.2) is 0 Å². The van der Waals surface area contributed by atoms with Gasteiger partial charge in [-0.05, 0) is 31.5 Å². The van der Waals surface area contributed by atoms with Crippen LogP contribution >= 0.6 is 0 Å². The van der Waals surface area contributed by atoms with Crippen molar-refractivity contribution in [2.24, 2.45) is 0 Å². The molecule has 1 fully saturated rings. The SMILES string of the molecule is [CH2]CN1C(=O)CC[C@@H]1CO[Si](C)(C)C(C)(C)C. The van der Waals surface area contributed by atoms with Crippen molar-refractivity contribution in [3.05, 3.63) is 6.92 Å². The molecule has 0 N–H and O–H groups in total. The van der Waals surface area contributed by atoms with Crippen LogP contribution in [-0.2, 0) is 9.22 Å². The summed E-state index contributed by atoms with van der Waals surface area (Å²) in [6, 6.07) is 0.245. The Balaban J connectivity index is 2.54. The molecule has 1 atom stereocenters. The summed E-state index contributed by atoms with van der Waals surface area (Å²) >= 11 is 0. The molecule has 0 bridgehead atoms. The van der Waals surface area contributed by atoms with Crippen LogP contribution < -0.4 is 0 Å². The molecule has 0 aromatic rings. The number of likely N-dealkylation sites (tertiary alicyclic amines) is 1. The van der Waals surface area contributed by atoms with Crippen molar-refractivity contribution in [2.75, 3.05) is 13.2 Å². The van der Waals surface area contributed by atoms with E-state index in [4.69, 9.17) is 4.43 Å². The van der Waals surface area contributed by atoms with Gasteiger partial charge in [-0.3, -0.25) is 4.79 Å². The maximum atomic E-state index is 11.6. The third kappa shape index (κ3) is 3.32. The summed E-state index contributed by atoms with van der Waals surface area (Å²) in [7, 11) is -1.70. The third-order valence-electron chi connectivity index (χ3n) is 4.14. The Bertz CT molecular complexity index is 284. The molecular formula is C13H26NO2Si. The van der Waals surface area contributed by atoms with Crippen LogP contribution in [0.4, 0.5) is 0 Å². The van der Waals surface area contributed by atoms with E-state index in [1.165, 1.54) is 0 Å². The predicted molar refractivity (Wildman–Crippen MR) is 73.2 cm³/mol. The topological polar surface area (TPSA) is 29.5 Å². The number of rotatable bonds is 4. The lowest BCUT2D eigenvalue weighted by molar-refractivity contribution is -0.128. The molecule has 0 aromatic heterocycles. The van der Waals surface area contributed by atoms with E-state index in [2.05, 4.69) is 40.8 Å². The summed E-state index contributed by atoms with van der Waals surface area (Å²) in [5.41, 5.74) is 0. The van der Waals surface area contributed by atoms with Crippen LogP contribution in [0.15, 0.2) is 0 Å². The van der Waals surface area contributed by atoms with E-state index in [1.807, 2.05) is 4.90 Å². The number of carbonyl (C=O) groups excluding carboxylic acids is 1. The molecule has 0 saturated carbocycles. The van der Waals surface area contributed by atoms with Gasteiger partial charge in [-0.15, -0.1) is 0 Å². The number of hydrogen-bond acceptors (Lipinski definition) is 2. The first-order chi connectivity index (χ1) is 7.69. The van der Waals surface area contributed by atoms with Crippen molar-refractivity contribution in [3.63, 3.8) is 0 Å². The van der Waals surface area contributed by atoms with Gasteiger partial charge in [0, 0.05) is 13.0 Å². The van der Waals surface area contributed by atoms with E-state index in [9.17, 15) is 4.79 Å². The van der Waals surface area contributed by atoms with Gasteiger partial charge in [0.2, 0.25) is 5.91 Å². The molecule has 1 saturated heterocycles. The van der Waals surface area contributed by atoms with Crippen molar-refractivity contribution >= 4 is 14.2 Å². The van der Waals surface area contributed by atoms with E-state index in [0.717, 1.165) is 6.42 Å². The number of nitrogens with zero attached hydrogens (tertiary/aromatic N) is 1. The predicted octanol–water partition coefficient (Wildman–Crippen LogP) is 2.83. The average Bonchev–Trinajstić information content (AvgIpc) is 2.54. The van der Waals surface area contributed by atoms with Crippen molar-refractivity contribution < 1.29 is 9.22 Å². The fourth-order valence-corrected chi connectivity index (χ4v) is 2.84.